The lowest BCUT2D eigenvalue weighted by atomic mass is 9.95. The molecule has 1 aliphatic rings. The summed E-state index contributed by atoms with van der Waals surface area (Å²) in [7, 11) is 0. The number of hydrogen-bond acceptors (Lipinski definition) is 2. The number of amides is 1. The van der Waals surface area contributed by atoms with Crippen LogP contribution in [0.3, 0.4) is 0 Å². The van der Waals surface area contributed by atoms with E-state index in [0.717, 1.165) is 36.8 Å². The Bertz CT molecular complexity index is 785. The summed E-state index contributed by atoms with van der Waals surface area (Å²) in [4.78, 5) is 25.8. The van der Waals surface area contributed by atoms with Crippen LogP contribution in [0.1, 0.15) is 46.8 Å². The first kappa shape index (κ1) is 18.2. The third-order valence-electron chi connectivity index (χ3n) is 5.14. The van der Waals surface area contributed by atoms with Crippen LogP contribution in [0.25, 0.3) is 0 Å². The van der Waals surface area contributed by atoms with Crippen LogP contribution in [0.2, 0.25) is 0 Å². The zero-order valence-electron chi connectivity index (χ0n) is 15.1. The minimum Gasteiger partial charge on any atom is -0.478 e. The second-order valence-corrected chi connectivity index (χ2v) is 7.08. The molecule has 0 radical (unpaired) electrons. The number of rotatable bonds is 6. The van der Waals surface area contributed by atoms with Crippen LogP contribution in [-0.2, 0) is 24.2 Å². The molecule has 0 spiro atoms. The normalized spacial score (nSPS) is 14.6. The van der Waals surface area contributed by atoms with Crippen LogP contribution in [0.15, 0.2) is 48.5 Å². The molecule has 0 fully saturated rings. The van der Waals surface area contributed by atoms with Crippen molar-refractivity contribution in [1.29, 1.82) is 0 Å². The van der Waals surface area contributed by atoms with Crippen molar-refractivity contribution in [1.82, 2.24) is 4.90 Å². The average Bonchev–Trinajstić information content (AvgIpc) is 2.67. The zero-order valence-corrected chi connectivity index (χ0v) is 15.1. The van der Waals surface area contributed by atoms with Gasteiger partial charge in [0.2, 0.25) is 5.91 Å². The van der Waals surface area contributed by atoms with Crippen LogP contribution in [0.4, 0.5) is 0 Å². The van der Waals surface area contributed by atoms with Crippen LogP contribution in [-0.4, -0.2) is 28.4 Å². The molecule has 3 rings (SSSR count). The molecule has 4 heteroatoms. The minimum absolute atomic E-state index is 0.0112. The summed E-state index contributed by atoms with van der Waals surface area (Å²) in [6, 6.07) is 15.6. The van der Waals surface area contributed by atoms with Gasteiger partial charge in [0.05, 0.1) is 5.56 Å². The number of carbonyl (C=O) groups is 2. The quantitative estimate of drug-likeness (QED) is 0.858. The number of nitrogens with zero attached hydrogens (tertiary/aromatic N) is 1. The fraction of sp³-hybridized carbons (Fsp3) is 0.364. The monoisotopic (exact) mass is 351 g/mol. The number of benzene rings is 2. The first-order chi connectivity index (χ1) is 12.5. The molecule has 1 atom stereocenters. The summed E-state index contributed by atoms with van der Waals surface area (Å²) < 4.78 is 0. The molecule has 1 unspecified atom stereocenters. The molecular weight excluding hydrogens is 326 g/mol. The Balaban J connectivity index is 1.56. The van der Waals surface area contributed by atoms with Gasteiger partial charge in [-0.15, -0.1) is 0 Å². The molecule has 1 aliphatic heterocycles. The lowest BCUT2D eigenvalue weighted by Gasteiger charge is -2.31. The van der Waals surface area contributed by atoms with Gasteiger partial charge in [-0.25, -0.2) is 4.79 Å². The third kappa shape index (κ3) is 4.31. The van der Waals surface area contributed by atoms with E-state index in [-0.39, 0.29) is 17.4 Å². The Hall–Kier alpha value is -2.62. The van der Waals surface area contributed by atoms with Gasteiger partial charge in [-0.1, -0.05) is 43.3 Å². The second kappa shape index (κ2) is 8.17. The van der Waals surface area contributed by atoms with E-state index in [1.807, 2.05) is 36.1 Å². The lowest BCUT2D eigenvalue weighted by Crippen LogP contribution is -2.39. The number of carbonyl (C=O) groups excluding carboxylic acids is 1. The van der Waals surface area contributed by atoms with Crippen molar-refractivity contribution in [2.24, 2.45) is 5.92 Å². The topological polar surface area (TPSA) is 57.6 Å². The van der Waals surface area contributed by atoms with Gasteiger partial charge in [-0.05, 0) is 54.5 Å². The standard InChI is InChI=1S/C22H25NO3/c1-16(6-5-9-17-7-3-2-4-8-17)21(24)23-13-12-18-10-11-19(22(25)26)14-20(18)15-23/h2-4,7-8,10-11,14,16H,5-6,9,12-13,15H2,1H3,(H,25,26). The maximum atomic E-state index is 12.8. The first-order valence-electron chi connectivity index (χ1n) is 9.22. The lowest BCUT2D eigenvalue weighted by molar-refractivity contribution is -0.136. The van der Waals surface area contributed by atoms with Gasteiger partial charge >= 0.3 is 5.97 Å². The summed E-state index contributed by atoms with van der Waals surface area (Å²) in [6.07, 6.45) is 3.64. The molecule has 1 N–H and O–H groups in total. The van der Waals surface area contributed by atoms with Crippen molar-refractivity contribution in [3.63, 3.8) is 0 Å². The Labute approximate surface area is 154 Å². The minimum atomic E-state index is -0.925. The van der Waals surface area contributed by atoms with E-state index in [9.17, 15) is 9.59 Å². The van der Waals surface area contributed by atoms with Gasteiger partial charge in [0, 0.05) is 19.0 Å². The van der Waals surface area contributed by atoms with E-state index in [1.54, 1.807) is 12.1 Å². The highest BCUT2D eigenvalue weighted by atomic mass is 16.4. The smallest absolute Gasteiger partial charge is 0.335 e. The van der Waals surface area contributed by atoms with E-state index in [4.69, 9.17) is 5.11 Å². The Morgan fingerprint density at radius 2 is 1.88 bits per heavy atom. The van der Waals surface area contributed by atoms with Crippen molar-refractivity contribution in [2.75, 3.05) is 6.54 Å². The van der Waals surface area contributed by atoms with Gasteiger partial charge in [-0.2, -0.15) is 0 Å². The van der Waals surface area contributed by atoms with Gasteiger partial charge in [-0.3, -0.25) is 4.79 Å². The van der Waals surface area contributed by atoms with Crippen LogP contribution in [0, 0.1) is 5.92 Å². The molecule has 26 heavy (non-hydrogen) atoms. The highest BCUT2D eigenvalue weighted by Gasteiger charge is 2.25. The molecule has 0 aromatic heterocycles. The van der Waals surface area contributed by atoms with Crippen molar-refractivity contribution in [3.05, 3.63) is 70.8 Å². The highest BCUT2D eigenvalue weighted by molar-refractivity contribution is 5.88. The van der Waals surface area contributed by atoms with Crippen LogP contribution >= 0.6 is 0 Å². The third-order valence-corrected chi connectivity index (χ3v) is 5.14. The number of carboxylic acids is 1. The van der Waals surface area contributed by atoms with Gasteiger partial charge < -0.3 is 10.0 Å². The van der Waals surface area contributed by atoms with Gasteiger partial charge in [0.15, 0.2) is 0 Å². The second-order valence-electron chi connectivity index (χ2n) is 7.08. The van der Waals surface area contributed by atoms with E-state index >= 15 is 0 Å². The average molecular weight is 351 g/mol. The van der Waals surface area contributed by atoms with Crippen molar-refractivity contribution < 1.29 is 14.7 Å². The van der Waals surface area contributed by atoms with Crippen molar-refractivity contribution in [2.45, 2.75) is 39.2 Å². The number of fused-ring (bicyclic) bond motifs is 1. The van der Waals surface area contributed by atoms with Gasteiger partial charge in [0.1, 0.15) is 0 Å². The molecule has 1 heterocycles. The van der Waals surface area contributed by atoms with Crippen LogP contribution in [0.5, 0.6) is 0 Å². The molecule has 0 bridgehead atoms. The summed E-state index contributed by atoms with van der Waals surface area (Å²) in [6.45, 7) is 3.22. The van der Waals surface area contributed by atoms with E-state index in [0.29, 0.717) is 13.1 Å². The molecule has 0 aliphatic carbocycles. The molecule has 1 amide bonds. The molecular formula is C22H25NO3. The largest absolute Gasteiger partial charge is 0.478 e. The Kier molecular flexibility index (Phi) is 5.71. The number of aryl methyl sites for hydroxylation is 1. The predicted molar refractivity (Wildman–Crippen MR) is 101 cm³/mol. The maximum absolute atomic E-state index is 12.8. The zero-order chi connectivity index (χ0) is 18.5. The SMILES string of the molecule is CC(CCCc1ccccc1)C(=O)N1CCc2ccc(C(=O)O)cc2C1. The van der Waals surface area contributed by atoms with Crippen LogP contribution < -0.4 is 0 Å². The van der Waals surface area contributed by atoms with E-state index in [1.165, 1.54) is 5.56 Å². The fourth-order valence-electron chi connectivity index (χ4n) is 3.57. The van der Waals surface area contributed by atoms with E-state index < -0.39 is 5.97 Å². The fourth-order valence-corrected chi connectivity index (χ4v) is 3.57. The molecule has 2 aromatic carbocycles. The Morgan fingerprint density at radius 3 is 2.62 bits per heavy atom. The molecule has 4 nitrogen and oxygen atoms in total. The summed E-state index contributed by atoms with van der Waals surface area (Å²) in [5, 5.41) is 9.16. The van der Waals surface area contributed by atoms with Crippen molar-refractivity contribution in [3.8, 4) is 0 Å². The number of aromatic carboxylic acids is 1. The van der Waals surface area contributed by atoms with Crippen molar-refractivity contribution >= 4 is 11.9 Å². The first-order valence-corrected chi connectivity index (χ1v) is 9.22. The summed E-state index contributed by atoms with van der Waals surface area (Å²) >= 11 is 0. The number of hydrogen-bond donors (Lipinski definition) is 1. The molecule has 2 aromatic rings. The maximum Gasteiger partial charge on any atom is 0.335 e. The van der Waals surface area contributed by atoms with E-state index in [2.05, 4.69) is 12.1 Å². The Morgan fingerprint density at radius 1 is 1.12 bits per heavy atom. The molecule has 136 valence electrons. The van der Waals surface area contributed by atoms with Gasteiger partial charge in [0.25, 0.3) is 0 Å². The number of carboxylic acid groups (broad SMARTS) is 1. The molecule has 0 saturated heterocycles. The predicted octanol–water partition coefficient (Wildman–Crippen LogP) is 3.93. The highest BCUT2D eigenvalue weighted by Crippen LogP contribution is 2.23. The summed E-state index contributed by atoms with van der Waals surface area (Å²) in [5.74, 6) is -0.766. The molecule has 0 saturated carbocycles. The summed E-state index contributed by atoms with van der Waals surface area (Å²) in [5.41, 5.74) is 3.70.